The molecule has 0 unspecified atom stereocenters. The van der Waals surface area contributed by atoms with Crippen LogP contribution >= 0.6 is 0 Å². The first-order valence-electron chi connectivity index (χ1n) is 5.77. The predicted molar refractivity (Wildman–Crippen MR) is 69.3 cm³/mol. The summed E-state index contributed by atoms with van der Waals surface area (Å²) in [7, 11) is 0. The van der Waals surface area contributed by atoms with Gasteiger partial charge in [-0.15, -0.1) is 0 Å². The van der Waals surface area contributed by atoms with Gasteiger partial charge in [-0.05, 0) is 12.5 Å². The maximum atomic E-state index is 11.6. The molecule has 0 amide bonds. The van der Waals surface area contributed by atoms with Crippen molar-refractivity contribution >= 4 is 0 Å². The molecule has 0 aliphatic heterocycles. The Kier molecular flexibility index (Phi) is 2.98. The number of nitrogens with zero attached hydrogens (tertiary/aromatic N) is 3. The summed E-state index contributed by atoms with van der Waals surface area (Å²) >= 11 is 0. The van der Waals surface area contributed by atoms with Crippen LogP contribution in [0.15, 0.2) is 23.3 Å². The van der Waals surface area contributed by atoms with E-state index < -0.39 is 0 Å². The maximum absolute atomic E-state index is 11.6. The highest BCUT2D eigenvalue weighted by atomic mass is 16.1. The number of rotatable bonds is 1. The molecule has 2 aromatic rings. The molecule has 0 saturated heterocycles. The highest BCUT2D eigenvalue weighted by Crippen LogP contribution is 2.19. The highest BCUT2D eigenvalue weighted by Gasteiger charge is 2.18. The van der Waals surface area contributed by atoms with Crippen molar-refractivity contribution < 1.29 is 0 Å². The summed E-state index contributed by atoms with van der Waals surface area (Å²) in [5, 5.41) is 0. The fourth-order valence-corrected chi connectivity index (χ4v) is 1.46. The molecule has 0 fully saturated rings. The molecule has 0 radical (unpaired) electrons. The number of aromatic amines is 1. The minimum absolute atomic E-state index is 0.186. The highest BCUT2D eigenvalue weighted by molar-refractivity contribution is 5.42. The van der Waals surface area contributed by atoms with Crippen LogP contribution < -0.4 is 5.56 Å². The lowest BCUT2D eigenvalue weighted by Crippen LogP contribution is -2.20. The van der Waals surface area contributed by atoms with Gasteiger partial charge in [0.1, 0.15) is 0 Å². The van der Waals surface area contributed by atoms with Crippen LogP contribution in [0, 0.1) is 6.92 Å². The van der Waals surface area contributed by atoms with Crippen LogP contribution in [0.4, 0.5) is 0 Å². The van der Waals surface area contributed by atoms with Crippen LogP contribution in [-0.2, 0) is 5.41 Å². The van der Waals surface area contributed by atoms with Gasteiger partial charge in [0.25, 0.3) is 5.56 Å². The van der Waals surface area contributed by atoms with Crippen molar-refractivity contribution in [2.24, 2.45) is 0 Å². The van der Waals surface area contributed by atoms with Gasteiger partial charge in [0, 0.05) is 23.9 Å². The standard InChI is InChI=1S/C13H16N4O/c1-8-6-14-11(15-7-8)12-16-9(13(2,3)4)5-10(18)17-12/h5-7H,1-4H3,(H,16,17,18). The molecule has 0 bridgehead atoms. The quantitative estimate of drug-likeness (QED) is 0.830. The number of H-pyrrole nitrogens is 1. The molecule has 0 atom stereocenters. The molecule has 1 N–H and O–H groups in total. The van der Waals surface area contributed by atoms with Crippen molar-refractivity contribution in [3.63, 3.8) is 0 Å². The van der Waals surface area contributed by atoms with E-state index in [1.807, 2.05) is 27.7 Å². The predicted octanol–water partition coefficient (Wildman–Crippen LogP) is 1.83. The lowest BCUT2D eigenvalue weighted by Gasteiger charge is -2.17. The summed E-state index contributed by atoms with van der Waals surface area (Å²) in [4.78, 5) is 27.1. The van der Waals surface area contributed by atoms with Crippen LogP contribution in [0.3, 0.4) is 0 Å². The summed E-state index contributed by atoms with van der Waals surface area (Å²) < 4.78 is 0. The van der Waals surface area contributed by atoms with Gasteiger partial charge in [-0.25, -0.2) is 15.0 Å². The van der Waals surface area contributed by atoms with Gasteiger partial charge in [-0.3, -0.25) is 4.79 Å². The van der Waals surface area contributed by atoms with Crippen molar-refractivity contribution in [1.29, 1.82) is 0 Å². The molecule has 2 aromatic heterocycles. The second-order valence-corrected chi connectivity index (χ2v) is 5.31. The Morgan fingerprint density at radius 1 is 1.17 bits per heavy atom. The van der Waals surface area contributed by atoms with Crippen LogP contribution in [0.5, 0.6) is 0 Å². The Morgan fingerprint density at radius 2 is 1.78 bits per heavy atom. The Morgan fingerprint density at radius 3 is 2.33 bits per heavy atom. The van der Waals surface area contributed by atoms with E-state index in [0.29, 0.717) is 11.6 Å². The fraction of sp³-hybridized carbons (Fsp3) is 0.385. The molecule has 0 saturated carbocycles. The van der Waals surface area contributed by atoms with E-state index in [9.17, 15) is 4.79 Å². The third-order valence-electron chi connectivity index (χ3n) is 2.50. The SMILES string of the molecule is Cc1cnc(-c2nc(C(C)(C)C)cc(=O)[nH]2)nc1. The molecule has 5 heteroatoms. The zero-order chi connectivity index (χ0) is 13.3. The van der Waals surface area contributed by atoms with E-state index in [1.54, 1.807) is 12.4 Å². The second-order valence-electron chi connectivity index (χ2n) is 5.31. The summed E-state index contributed by atoms with van der Waals surface area (Å²) in [6.07, 6.45) is 3.40. The molecule has 0 spiro atoms. The summed E-state index contributed by atoms with van der Waals surface area (Å²) in [5.41, 5.74) is 1.32. The zero-order valence-electron chi connectivity index (χ0n) is 11.0. The third-order valence-corrected chi connectivity index (χ3v) is 2.50. The monoisotopic (exact) mass is 244 g/mol. The minimum atomic E-state index is -0.187. The molecule has 5 nitrogen and oxygen atoms in total. The van der Waals surface area contributed by atoms with Crippen LogP contribution in [0.2, 0.25) is 0 Å². The fourth-order valence-electron chi connectivity index (χ4n) is 1.46. The van der Waals surface area contributed by atoms with Gasteiger partial charge >= 0.3 is 0 Å². The van der Waals surface area contributed by atoms with Crippen molar-refractivity contribution in [3.05, 3.63) is 40.1 Å². The second kappa shape index (κ2) is 4.33. The Labute approximate surface area is 105 Å². The first kappa shape index (κ1) is 12.4. The number of hydrogen-bond acceptors (Lipinski definition) is 4. The molecule has 0 aliphatic carbocycles. The Hall–Kier alpha value is -2.04. The first-order chi connectivity index (χ1) is 8.36. The van der Waals surface area contributed by atoms with E-state index >= 15 is 0 Å². The lowest BCUT2D eigenvalue weighted by molar-refractivity contribution is 0.566. The number of hydrogen-bond donors (Lipinski definition) is 1. The largest absolute Gasteiger partial charge is 0.304 e. The molecule has 0 aromatic carbocycles. The maximum Gasteiger partial charge on any atom is 0.251 e. The molecule has 0 aliphatic rings. The van der Waals surface area contributed by atoms with Gasteiger partial charge in [-0.1, -0.05) is 20.8 Å². The number of aromatic nitrogens is 4. The van der Waals surface area contributed by atoms with Crippen molar-refractivity contribution in [2.45, 2.75) is 33.1 Å². The Bertz CT molecular complexity index is 608. The first-order valence-corrected chi connectivity index (χ1v) is 5.77. The number of nitrogens with one attached hydrogen (secondary N) is 1. The van der Waals surface area contributed by atoms with Gasteiger partial charge in [0.15, 0.2) is 11.6 Å². The lowest BCUT2D eigenvalue weighted by atomic mass is 9.92. The van der Waals surface area contributed by atoms with Crippen molar-refractivity contribution in [3.8, 4) is 11.6 Å². The average molecular weight is 244 g/mol. The van der Waals surface area contributed by atoms with E-state index in [-0.39, 0.29) is 11.0 Å². The molecule has 94 valence electrons. The minimum Gasteiger partial charge on any atom is -0.304 e. The molecule has 2 heterocycles. The van der Waals surface area contributed by atoms with Gasteiger partial charge in [0.05, 0.1) is 5.69 Å². The van der Waals surface area contributed by atoms with E-state index in [1.165, 1.54) is 6.07 Å². The topological polar surface area (TPSA) is 71.5 Å². The van der Waals surface area contributed by atoms with Crippen molar-refractivity contribution in [2.75, 3.05) is 0 Å². The molecular weight excluding hydrogens is 228 g/mol. The molecular formula is C13H16N4O. The summed E-state index contributed by atoms with van der Waals surface area (Å²) in [5.74, 6) is 0.844. The van der Waals surface area contributed by atoms with Gasteiger partial charge in [-0.2, -0.15) is 0 Å². The normalized spacial score (nSPS) is 11.6. The molecule has 18 heavy (non-hydrogen) atoms. The zero-order valence-corrected chi connectivity index (χ0v) is 11.0. The van der Waals surface area contributed by atoms with Crippen molar-refractivity contribution in [1.82, 2.24) is 19.9 Å². The summed E-state index contributed by atoms with van der Waals surface area (Å²) in [6, 6.07) is 1.51. The Balaban J connectivity index is 2.55. The van der Waals surface area contributed by atoms with E-state index in [0.717, 1.165) is 11.3 Å². The third kappa shape index (κ3) is 2.61. The molecule has 2 rings (SSSR count). The van der Waals surface area contributed by atoms with Crippen LogP contribution in [0.1, 0.15) is 32.0 Å². The van der Waals surface area contributed by atoms with E-state index in [4.69, 9.17) is 0 Å². The van der Waals surface area contributed by atoms with Crippen LogP contribution in [-0.4, -0.2) is 19.9 Å². The average Bonchev–Trinajstić information content (AvgIpc) is 2.28. The van der Waals surface area contributed by atoms with Crippen LogP contribution in [0.25, 0.3) is 11.6 Å². The van der Waals surface area contributed by atoms with E-state index in [2.05, 4.69) is 19.9 Å². The number of aryl methyl sites for hydroxylation is 1. The smallest absolute Gasteiger partial charge is 0.251 e. The van der Waals surface area contributed by atoms with Gasteiger partial charge < -0.3 is 4.98 Å². The van der Waals surface area contributed by atoms with Gasteiger partial charge in [0.2, 0.25) is 0 Å². The summed E-state index contributed by atoms with van der Waals surface area (Å²) in [6.45, 7) is 7.93.